The van der Waals surface area contributed by atoms with E-state index in [0.717, 1.165) is 12.8 Å². The van der Waals surface area contributed by atoms with Crippen LogP contribution in [0.1, 0.15) is 89.0 Å². The maximum Gasteiger partial charge on any atom is 0.226 e. The molecule has 1 atom stereocenters. The fourth-order valence-electron chi connectivity index (χ4n) is 3.10. The Balaban J connectivity index is 5.09. The molecule has 0 aromatic carbocycles. The Kier molecular flexibility index (Phi) is 10.2. The predicted molar refractivity (Wildman–Crippen MR) is 119 cm³/mol. The minimum atomic E-state index is -0.594. The number of carbonyl (C=O) groups is 1. The van der Waals surface area contributed by atoms with E-state index >= 15 is 0 Å². The molecule has 0 rings (SSSR count). The maximum atomic E-state index is 13.1. The zero-order valence-corrected chi connectivity index (χ0v) is 20.7. The highest BCUT2D eigenvalue weighted by Crippen LogP contribution is 2.48. The van der Waals surface area contributed by atoms with Crippen molar-refractivity contribution in [1.82, 2.24) is 10.6 Å². The van der Waals surface area contributed by atoms with Crippen molar-refractivity contribution >= 4 is 5.91 Å². The number of rotatable bonds is 13. The molecule has 1 unspecified atom stereocenters. The highest BCUT2D eigenvalue weighted by atomic mass is 16.5. The zero-order chi connectivity index (χ0) is 22.4. The molecule has 0 bridgehead atoms. The summed E-state index contributed by atoms with van der Waals surface area (Å²) in [5, 5.41) is 6.67. The number of ether oxygens (including phenoxy) is 2. The molecule has 2 N–H and O–H groups in total. The molecule has 5 nitrogen and oxygen atoms in total. The Morgan fingerprint density at radius 2 is 1.54 bits per heavy atom. The second kappa shape index (κ2) is 10.4. The van der Waals surface area contributed by atoms with Gasteiger partial charge in [0, 0.05) is 31.2 Å². The molecule has 0 saturated carbocycles. The van der Waals surface area contributed by atoms with Crippen molar-refractivity contribution in [3.05, 3.63) is 0 Å². The van der Waals surface area contributed by atoms with Crippen molar-refractivity contribution in [2.24, 2.45) is 10.8 Å². The maximum absolute atomic E-state index is 13.1. The number of carbonyl (C=O) groups excluding carboxylic acids is 1. The van der Waals surface area contributed by atoms with Gasteiger partial charge in [-0.15, -0.1) is 0 Å². The fourth-order valence-corrected chi connectivity index (χ4v) is 3.10. The van der Waals surface area contributed by atoms with E-state index in [4.69, 9.17) is 9.47 Å². The van der Waals surface area contributed by atoms with Crippen LogP contribution in [0, 0.1) is 10.8 Å². The molecule has 5 heteroatoms. The molecular weight excluding hydrogens is 352 g/mol. The largest absolute Gasteiger partial charge is 0.379 e. The van der Waals surface area contributed by atoms with Gasteiger partial charge in [-0.2, -0.15) is 0 Å². The van der Waals surface area contributed by atoms with E-state index in [1.54, 1.807) is 7.11 Å². The summed E-state index contributed by atoms with van der Waals surface area (Å²) in [7, 11) is 1.72. The number of nitrogens with one attached hydrogen (secondary N) is 2. The van der Waals surface area contributed by atoms with Gasteiger partial charge in [0.2, 0.25) is 5.91 Å². The van der Waals surface area contributed by atoms with Crippen LogP contribution < -0.4 is 10.6 Å². The minimum absolute atomic E-state index is 0.0652. The van der Waals surface area contributed by atoms with Crippen molar-refractivity contribution < 1.29 is 14.3 Å². The van der Waals surface area contributed by atoms with Crippen molar-refractivity contribution in [3.8, 4) is 0 Å². The molecule has 0 saturated heterocycles. The Bertz CT molecular complexity index is 482. The van der Waals surface area contributed by atoms with Crippen LogP contribution in [-0.2, 0) is 14.3 Å². The molecule has 0 aromatic heterocycles. The summed E-state index contributed by atoms with van der Waals surface area (Å²) in [5.74, 6) is 0.0652. The molecule has 1 amide bonds. The number of amides is 1. The molecule has 0 aliphatic rings. The smallest absolute Gasteiger partial charge is 0.226 e. The van der Waals surface area contributed by atoms with E-state index in [0.29, 0.717) is 19.2 Å². The Morgan fingerprint density at radius 3 is 1.96 bits per heavy atom. The Labute approximate surface area is 174 Å². The first kappa shape index (κ1) is 27.4. The Hall–Kier alpha value is -0.650. The molecule has 0 aromatic rings. The molecular formula is C23H48N2O3. The van der Waals surface area contributed by atoms with Crippen LogP contribution in [0.2, 0.25) is 0 Å². The third-order valence-electron chi connectivity index (χ3n) is 6.93. The average molecular weight is 401 g/mol. The van der Waals surface area contributed by atoms with Gasteiger partial charge in [-0.05, 0) is 40.5 Å². The first-order chi connectivity index (χ1) is 12.5. The molecule has 0 radical (unpaired) electrons. The Morgan fingerprint density at radius 1 is 1.00 bits per heavy atom. The van der Waals surface area contributed by atoms with Crippen LogP contribution in [0.5, 0.6) is 0 Å². The standard InChI is InChI=1S/C23H48N2O3/c1-13-18(25-17(2)3)16-24-19(26)21(6,7)22(8,9)23(10,11)28-15-14-20(4,5)27-12/h17-18,25H,13-16H2,1-12H3,(H,24,26). The number of hydrogen-bond donors (Lipinski definition) is 2. The minimum Gasteiger partial charge on any atom is -0.379 e. The molecule has 0 heterocycles. The van der Waals surface area contributed by atoms with E-state index < -0.39 is 11.0 Å². The van der Waals surface area contributed by atoms with Gasteiger partial charge in [-0.25, -0.2) is 0 Å². The molecule has 28 heavy (non-hydrogen) atoms. The van der Waals surface area contributed by atoms with Crippen molar-refractivity contribution in [2.75, 3.05) is 20.3 Å². The van der Waals surface area contributed by atoms with Gasteiger partial charge in [0.15, 0.2) is 0 Å². The summed E-state index contributed by atoms with van der Waals surface area (Å²) < 4.78 is 11.8. The summed E-state index contributed by atoms with van der Waals surface area (Å²) in [6.45, 7) is 24.2. The molecule has 168 valence electrons. The van der Waals surface area contributed by atoms with Crippen LogP contribution in [0.3, 0.4) is 0 Å². The highest BCUT2D eigenvalue weighted by molar-refractivity contribution is 5.83. The predicted octanol–water partition coefficient (Wildman–Crippen LogP) is 4.54. The van der Waals surface area contributed by atoms with Crippen molar-refractivity contribution in [1.29, 1.82) is 0 Å². The van der Waals surface area contributed by atoms with Gasteiger partial charge in [0.25, 0.3) is 0 Å². The van der Waals surface area contributed by atoms with Crippen molar-refractivity contribution in [2.45, 2.75) is 112 Å². The lowest BCUT2D eigenvalue weighted by Crippen LogP contribution is -2.58. The van der Waals surface area contributed by atoms with E-state index in [1.807, 2.05) is 13.8 Å². The first-order valence-electron chi connectivity index (χ1n) is 10.8. The normalized spacial score (nSPS) is 15.0. The van der Waals surface area contributed by atoms with Crippen LogP contribution in [-0.4, -0.2) is 49.5 Å². The summed E-state index contributed by atoms with van der Waals surface area (Å²) in [4.78, 5) is 13.1. The van der Waals surface area contributed by atoms with E-state index in [-0.39, 0.29) is 23.0 Å². The van der Waals surface area contributed by atoms with E-state index in [1.165, 1.54) is 0 Å². The lowest BCUT2D eigenvalue weighted by molar-refractivity contribution is -0.168. The third kappa shape index (κ3) is 7.31. The zero-order valence-electron chi connectivity index (χ0n) is 20.7. The quantitative estimate of drug-likeness (QED) is 0.476. The third-order valence-corrected chi connectivity index (χ3v) is 6.93. The number of methoxy groups -OCH3 is 1. The fraction of sp³-hybridized carbons (Fsp3) is 0.957. The van der Waals surface area contributed by atoms with E-state index in [9.17, 15) is 4.79 Å². The van der Waals surface area contributed by atoms with Gasteiger partial charge in [0.05, 0.1) is 23.2 Å². The van der Waals surface area contributed by atoms with Gasteiger partial charge >= 0.3 is 0 Å². The van der Waals surface area contributed by atoms with Crippen LogP contribution >= 0.6 is 0 Å². The van der Waals surface area contributed by atoms with Crippen LogP contribution in [0.4, 0.5) is 0 Å². The summed E-state index contributed by atoms with van der Waals surface area (Å²) >= 11 is 0. The van der Waals surface area contributed by atoms with Crippen molar-refractivity contribution in [3.63, 3.8) is 0 Å². The summed E-state index contributed by atoms with van der Waals surface area (Å²) in [5.41, 5.74) is -1.67. The van der Waals surface area contributed by atoms with Gasteiger partial charge in [0.1, 0.15) is 0 Å². The van der Waals surface area contributed by atoms with E-state index in [2.05, 4.69) is 72.9 Å². The average Bonchev–Trinajstić information content (AvgIpc) is 2.57. The molecule has 0 aliphatic carbocycles. The van der Waals surface area contributed by atoms with Gasteiger partial charge in [-0.3, -0.25) is 4.79 Å². The lowest BCUT2D eigenvalue weighted by atomic mass is 9.59. The molecule has 0 fully saturated rings. The van der Waals surface area contributed by atoms with Crippen LogP contribution in [0.15, 0.2) is 0 Å². The number of hydrogen-bond acceptors (Lipinski definition) is 4. The van der Waals surface area contributed by atoms with Gasteiger partial charge < -0.3 is 20.1 Å². The SMILES string of the molecule is CCC(CNC(=O)C(C)(C)C(C)(C)C(C)(C)OCCC(C)(C)OC)NC(C)C. The second-order valence-electron chi connectivity index (χ2n) is 10.5. The monoisotopic (exact) mass is 400 g/mol. The molecule has 0 spiro atoms. The van der Waals surface area contributed by atoms with Crippen LogP contribution in [0.25, 0.3) is 0 Å². The highest BCUT2D eigenvalue weighted by Gasteiger charge is 2.52. The summed E-state index contributed by atoms with van der Waals surface area (Å²) in [6, 6.07) is 0.679. The summed E-state index contributed by atoms with van der Waals surface area (Å²) in [6.07, 6.45) is 1.78. The molecule has 0 aliphatic heterocycles. The first-order valence-corrected chi connectivity index (χ1v) is 10.8. The second-order valence-corrected chi connectivity index (χ2v) is 10.5. The topological polar surface area (TPSA) is 59.6 Å². The van der Waals surface area contributed by atoms with Gasteiger partial charge in [-0.1, -0.05) is 48.5 Å². The lowest BCUT2D eigenvalue weighted by Gasteiger charge is -2.50.